The number of hydrogen-bond donors (Lipinski definition) is 3. The van der Waals surface area contributed by atoms with E-state index in [1.165, 1.54) is 5.56 Å². The molecule has 0 fully saturated rings. The van der Waals surface area contributed by atoms with Crippen LogP contribution in [0, 0.1) is 5.82 Å². The monoisotopic (exact) mass is 340 g/mol. The van der Waals surface area contributed by atoms with Gasteiger partial charge in [0.1, 0.15) is 17.2 Å². The Hall–Kier alpha value is -2.54. The first kappa shape index (κ1) is 16.0. The van der Waals surface area contributed by atoms with Crippen molar-refractivity contribution in [2.45, 2.75) is 38.1 Å². The van der Waals surface area contributed by atoms with Crippen LogP contribution in [0.15, 0.2) is 24.3 Å². The minimum atomic E-state index is -0.153. The van der Waals surface area contributed by atoms with E-state index in [0.29, 0.717) is 17.5 Å². The van der Waals surface area contributed by atoms with E-state index in [1.807, 2.05) is 12.1 Å². The maximum absolute atomic E-state index is 13.3. The Bertz CT molecular complexity index is 906. The number of rotatable bonds is 5. The zero-order valence-electron chi connectivity index (χ0n) is 14.1. The molecule has 0 bridgehead atoms. The third kappa shape index (κ3) is 3.07. The summed E-state index contributed by atoms with van der Waals surface area (Å²) in [5.41, 5.74) is 10.7. The normalized spacial score (nSPS) is 17.8. The molecule has 4 N–H and O–H groups in total. The van der Waals surface area contributed by atoms with Gasteiger partial charge in [-0.15, -0.1) is 5.10 Å². The lowest BCUT2D eigenvalue weighted by Crippen LogP contribution is -2.21. The molecule has 1 unspecified atom stereocenters. The van der Waals surface area contributed by atoms with Crippen molar-refractivity contribution < 1.29 is 4.39 Å². The van der Waals surface area contributed by atoms with Crippen LogP contribution < -0.4 is 11.1 Å². The van der Waals surface area contributed by atoms with E-state index in [0.717, 1.165) is 42.5 Å². The molecular weight excluding hydrogens is 319 g/mol. The third-order valence-corrected chi connectivity index (χ3v) is 5.03. The number of aromatic amines is 1. The molecule has 1 aliphatic carbocycles. The lowest BCUT2D eigenvalue weighted by molar-refractivity contribution is 0.502. The van der Waals surface area contributed by atoms with Crippen molar-refractivity contribution >= 4 is 17.0 Å². The van der Waals surface area contributed by atoms with Crippen LogP contribution in [-0.2, 0) is 6.42 Å². The van der Waals surface area contributed by atoms with Crippen molar-refractivity contribution in [1.82, 2.24) is 25.7 Å². The number of halogens is 1. The summed E-state index contributed by atoms with van der Waals surface area (Å²) in [6.45, 7) is 3.02. The first-order valence-corrected chi connectivity index (χ1v) is 8.60. The van der Waals surface area contributed by atoms with Gasteiger partial charge in [0.2, 0.25) is 0 Å². The molecule has 2 heterocycles. The molecule has 130 valence electrons. The maximum Gasteiger partial charge on any atom is 0.178 e. The Kier molecular flexibility index (Phi) is 4.09. The summed E-state index contributed by atoms with van der Waals surface area (Å²) in [6.07, 6.45) is 2.89. The smallest absolute Gasteiger partial charge is 0.178 e. The first-order valence-electron chi connectivity index (χ1n) is 8.60. The molecule has 2 aromatic heterocycles. The number of anilines is 1. The van der Waals surface area contributed by atoms with Crippen molar-refractivity contribution in [3.05, 3.63) is 46.8 Å². The fourth-order valence-electron chi connectivity index (χ4n) is 3.69. The van der Waals surface area contributed by atoms with Crippen LogP contribution in [0.4, 0.5) is 10.2 Å². The number of aryl methyl sites for hydroxylation is 1. The number of hydrogen-bond acceptors (Lipinski definition) is 5. The van der Waals surface area contributed by atoms with Gasteiger partial charge in [-0.1, -0.05) is 18.2 Å². The molecule has 0 amide bonds. The number of nitrogen functional groups attached to an aromatic ring is 1. The fraction of sp³-hybridized carbons (Fsp3) is 0.389. The lowest BCUT2D eigenvalue weighted by atomic mass is 9.97. The quantitative estimate of drug-likeness (QED) is 0.664. The van der Waals surface area contributed by atoms with Gasteiger partial charge in [-0.05, 0) is 66.6 Å². The van der Waals surface area contributed by atoms with Gasteiger partial charge in [0.05, 0.1) is 0 Å². The molecule has 25 heavy (non-hydrogen) atoms. The van der Waals surface area contributed by atoms with Gasteiger partial charge < -0.3 is 11.1 Å². The minimum absolute atomic E-state index is 0.153. The molecule has 2 atom stereocenters. The number of nitrogens with zero attached hydrogens (tertiary/aromatic N) is 3. The molecular formula is C18H21FN6. The van der Waals surface area contributed by atoms with Crippen LogP contribution in [-0.4, -0.2) is 26.9 Å². The van der Waals surface area contributed by atoms with Gasteiger partial charge in [-0.2, -0.15) is 0 Å². The average molecular weight is 340 g/mol. The van der Waals surface area contributed by atoms with Crippen molar-refractivity contribution in [1.29, 1.82) is 0 Å². The molecule has 6 nitrogen and oxygen atoms in total. The van der Waals surface area contributed by atoms with Gasteiger partial charge in [-0.3, -0.25) is 0 Å². The van der Waals surface area contributed by atoms with Crippen LogP contribution in [0.25, 0.3) is 11.2 Å². The van der Waals surface area contributed by atoms with E-state index in [1.54, 1.807) is 12.1 Å². The number of nitrogens with two attached hydrogens (primary N) is 1. The Morgan fingerprint density at radius 1 is 1.40 bits per heavy atom. The Morgan fingerprint density at radius 2 is 2.28 bits per heavy atom. The standard InChI is InChI=1S/C18H21FN6/c1-10(14-9-16(20)22-18-17(14)23-25-24-18)6-7-21-15-5-2-11-8-12(19)3-4-13(11)15/h3-4,8-10,15,21H,2,5-7H2,1H3,(H3,20,22,23,24,25)/t10?,15-/m0/s1. The van der Waals surface area contributed by atoms with E-state index in [2.05, 4.69) is 32.6 Å². The topological polar surface area (TPSA) is 92.5 Å². The summed E-state index contributed by atoms with van der Waals surface area (Å²) >= 11 is 0. The van der Waals surface area contributed by atoms with Crippen LogP contribution in [0.3, 0.4) is 0 Å². The fourth-order valence-corrected chi connectivity index (χ4v) is 3.69. The summed E-state index contributed by atoms with van der Waals surface area (Å²) in [5, 5.41) is 14.3. The highest BCUT2D eigenvalue weighted by Crippen LogP contribution is 2.32. The van der Waals surface area contributed by atoms with Crippen molar-refractivity contribution in [2.75, 3.05) is 12.3 Å². The van der Waals surface area contributed by atoms with Gasteiger partial charge in [0, 0.05) is 6.04 Å². The van der Waals surface area contributed by atoms with Crippen molar-refractivity contribution in [3.63, 3.8) is 0 Å². The number of benzene rings is 1. The number of aromatic nitrogens is 4. The Morgan fingerprint density at radius 3 is 3.16 bits per heavy atom. The molecule has 0 saturated heterocycles. The zero-order chi connectivity index (χ0) is 17.4. The molecule has 7 heteroatoms. The van der Waals surface area contributed by atoms with Crippen LogP contribution >= 0.6 is 0 Å². The maximum atomic E-state index is 13.3. The number of H-pyrrole nitrogens is 1. The molecule has 1 aromatic carbocycles. The Labute approximate surface area is 145 Å². The second kappa shape index (κ2) is 6.40. The minimum Gasteiger partial charge on any atom is -0.384 e. The lowest BCUT2D eigenvalue weighted by Gasteiger charge is -2.17. The number of nitrogens with one attached hydrogen (secondary N) is 2. The zero-order valence-corrected chi connectivity index (χ0v) is 14.1. The van der Waals surface area contributed by atoms with Crippen molar-refractivity contribution in [3.8, 4) is 0 Å². The predicted molar refractivity (Wildman–Crippen MR) is 94.6 cm³/mol. The largest absolute Gasteiger partial charge is 0.384 e. The summed E-state index contributed by atoms with van der Waals surface area (Å²) in [6, 6.07) is 7.28. The molecule has 0 saturated carbocycles. The van der Waals surface area contributed by atoms with Gasteiger partial charge in [0.15, 0.2) is 5.65 Å². The number of fused-ring (bicyclic) bond motifs is 2. The summed E-state index contributed by atoms with van der Waals surface area (Å²) < 4.78 is 13.3. The highest BCUT2D eigenvalue weighted by Gasteiger charge is 2.22. The highest BCUT2D eigenvalue weighted by atomic mass is 19.1. The molecule has 0 radical (unpaired) electrons. The van der Waals surface area contributed by atoms with Crippen molar-refractivity contribution in [2.24, 2.45) is 0 Å². The van der Waals surface area contributed by atoms with Crippen LogP contribution in [0.5, 0.6) is 0 Å². The van der Waals surface area contributed by atoms with Gasteiger partial charge >= 0.3 is 0 Å². The Balaban J connectivity index is 1.41. The average Bonchev–Trinajstić information content (AvgIpc) is 3.20. The van der Waals surface area contributed by atoms with Crippen LogP contribution in [0.1, 0.15) is 48.4 Å². The van der Waals surface area contributed by atoms with E-state index < -0.39 is 0 Å². The molecule has 1 aliphatic rings. The number of pyridine rings is 1. The van der Waals surface area contributed by atoms with Gasteiger partial charge in [0.25, 0.3) is 0 Å². The molecule has 0 aliphatic heterocycles. The second-order valence-corrected chi connectivity index (χ2v) is 6.72. The summed E-state index contributed by atoms with van der Waals surface area (Å²) in [5.74, 6) is 0.597. The predicted octanol–water partition coefficient (Wildman–Crippen LogP) is 2.84. The molecule has 0 spiro atoms. The summed E-state index contributed by atoms with van der Waals surface area (Å²) in [7, 11) is 0. The highest BCUT2D eigenvalue weighted by molar-refractivity contribution is 5.76. The van der Waals surface area contributed by atoms with Crippen LogP contribution in [0.2, 0.25) is 0 Å². The van der Waals surface area contributed by atoms with E-state index in [9.17, 15) is 4.39 Å². The second-order valence-electron chi connectivity index (χ2n) is 6.72. The third-order valence-electron chi connectivity index (χ3n) is 5.03. The van der Waals surface area contributed by atoms with E-state index >= 15 is 0 Å². The van der Waals surface area contributed by atoms with E-state index in [4.69, 9.17) is 5.73 Å². The van der Waals surface area contributed by atoms with Gasteiger partial charge in [-0.25, -0.2) is 14.5 Å². The first-order chi connectivity index (χ1) is 12.1. The SMILES string of the molecule is CC(CCN[C@H]1CCc2cc(F)ccc21)c1cc(N)nc2[nH]nnc12. The molecule has 3 aromatic rings. The van der Waals surface area contributed by atoms with E-state index in [-0.39, 0.29) is 11.7 Å². The molecule has 4 rings (SSSR count). The summed E-state index contributed by atoms with van der Waals surface area (Å²) in [4.78, 5) is 4.21.